The average molecular weight is 326 g/mol. The molecule has 0 saturated carbocycles. The van der Waals surface area contributed by atoms with Gasteiger partial charge in [0.1, 0.15) is 11.4 Å². The van der Waals surface area contributed by atoms with Gasteiger partial charge in [-0.05, 0) is 26.0 Å². The fraction of sp³-hybridized carbons (Fsp3) is 0.250. The van der Waals surface area contributed by atoms with Gasteiger partial charge in [-0.25, -0.2) is 18.5 Å². The van der Waals surface area contributed by atoms with Gasteiger partial charge in [-0.2, -0.15) is 0 Å². The molecule has 0 spiro atoms. The summed E-state index contributed by atoms with van der Waals surface area (Å²) >= 11 is 0. The third-order valence-electron chi connectivity index (χ3n) is 3.00. The zero-order valence-corrected chi connectivity index (χ0v) is 12.7. The molecule has 22 heavy (non-hydrogen) atoms. The molecule has 10 heteroatoms. The lowest BCUT2D eigenvalue weighted by molar-refractivity contribution is -0.384. The summed E-state index contributed by atoms with van der Waals surface area (Å²) in [5, 5.41) is 18.8. The van der Waals surface area contributed by atoms with Gasteiger partial charge in [-0.1, -0.05) is 0 Å². The third-order valence-corrected chi connectivity index (χ3v) is 3.91. The molecule has 1 aromatic heterocycles. The SMILES string of the molecule is Cc1nc(CNc2ccc(S(N)(=O)=O)cc2[N+](=O)[O-])oc1C. The van der Waals surface area contributed by atoms with Gasteiger partial charge in [0.25, 0.3) is 5.69 Å². The molecule has 2 rings (SSSR count). The van der Waals surface area contributed by atoms with Crippen molar-refractivity contribution >= 4 is 21.4 Å². The summed E-state index contributed by atoms with van der Waals surface area (Å²) in [7, 11) is -4.01. The number of hydrogen-bond acceptors (Lipinski definition) is 7. The molecule has 0 aliphatic carbocycles. The van der Waals surface area contributed by atoms with Crippen molar-refractivity contribution in [3.8, 4) is 0 Å². The van der Waals surface area contributed by atoms with Gasteiger partial charge in [0, 0.05) is 6.07 Å². The summed E-state index contributed by atoms with van der Waals surface area (Å²) in [5.41, 5.74) is 0.480. The second kappa shape index (κ2) is 5.73. The van der Waals surface area contributed by atoms with E-state index in [1.165, 1.54) is 12.1 Å². The number of aromatic nitrogens is 1. The van der Waals surface area contributed by atoms with Crippen LogP contribution in [0.1, 0.15) is 17.3 Å². The molecule has 118 valence electrons. The van der Waals surface area contributed by atoms with Crippen molar-refractivity contribution in [1.29, 1.82) is 0 Å². The second-order valence-electron chi connectivity index (χ2n) is 4.58. The van der Waals surface area contributed by atoms with E-state index in [4.69, 9.17) is 9.56 Å². The Balaban J connectivity index is 2.28. The molecule has 9 nitrogen and oxygen atoms in total. The number of aryl methyl sites for hydroxylation is 2. The fourth-order valence-corrected chi connectivity index (χ4v) is 2.31. The summed E-state index contributed by atoms with van der Waals surface area (Å²) in [5.74, 6) is 1.04. The first kappa shape index (κ1) is 15.9. The molecule has 0 aliphatic heterocycles. The highest BCUT2D eigenvalue weighted by Gasteiger charge is 2.19. The molecule has 0 fully saturated rings. The van der Waals surface area contributed by atoms with Crippen LogP contribution in [-0.2, 0) is 16.6 Å². The maximum absolute atomic E-state index is 11.2. The zero-order chi connectivity index (χ0) is 16.5. The van der Waals surface area contributed by atoms with Crippen LogP contribution in [-0.4, -0.2) is 18.3 Å². The van der Waals surface area contributed by atoms with Gasteiger partial charge >= 0.3 is 0 Å². The Bertz CT molecular complexity index is 809. The minimum absolute atomic E-state index is 0.129. The number of nitro groups is 1. The molecule has 1 heterocycles. The van der Waals surface area contributed by atoms with E-state index in [1.807, 2.05) is 0 Å². The van der Waals surface area contributed by atoms with E-state index in [2.05, 4.69) is 10.3 Å². The molecule has 0 bridgehead atoms. The van der Waals surface area contributed by atoms with Crippen LogP contribution in [0.4, 0.5) is 11.4 Å². The number of nitrogens with two attached hydrogens (primary N) is 1. The Morgan fingerprint density at radius 2 is 2.09 bits per heavy atom. The summed E-state index contributed by atoms with van der Waals surface area (Å²) in [6.45, 7) is 3.67. The minimum atomic E-state index is -4.01. The van der Waals surface area contributed by atoms with Crippen LogP contribution in [0.25, 0.3) is 0 Å². The van der Waals surface area contributed by atoms with Gasteiger partial charge < -0.3 is 9.73 Å². The van der Waals surface area contributed by atoms with Crippen LogP contribution < -0.4 is 10.5 Å². The molecule has 2 aromatic rings. The van der Waals surface area contributed by atoms with E-state index in [0.717, 1.165) is 11.8 Å². The molecule has 0 aliphatic rings. The van der Waals surface area contributed by atoms with Crippen LogP contribution in [0.3, 0.4) is 0 Å². The maximum atomic E-state index is 11.2. The van der Waals surface area contributed by atoms with Crippen molar-refractivity contribution in [3.05, 3.63) is 45.7 Å². The Labute approximate surface area is 126 Å². The predicted octanol–water partition coefficient (Wildman–Crippen LogP) is 1.46. The van der Waals surface area contributed by atoms with Gasteiger partial charge in [0.2, 0.25) is 15.9 Å². The summed E-state index contributed by atoms with van der Waals surface area (Å²) < 4.78 is 27.9. The van der Waals surface area contributed by atoms with Gasteiger partial charge in [-0.3, -0.25) is 10.1 Å². The topological polar surface area (TPSA) is 141 Å². The number of sulfonamides is 1. The van der Waals surface area contributed by atoms with Crippen LogP contribution in [0, 0.1) is 24.0 Å². The number of benzene rings is 1. The van der Waals surface area contributed by atoms with E-state index in [0.29, 0.717) is 11.7 Å². The van der Waals surface area contributed by atoms with Crippen LogP contribution in [0.15, 0.2) is 27.5 Å². The third kappa shape index (κ3) is 3.40. The van der Waals surface area contributed by atoms with Crippen molar-refractivity contribution < 1.29 is 17.8 Å². The number of hydrogen-bond donors (Lipinski definition) is 2. The van der Waals surface area contributed by atoms with E-state index >= 15 is 0 Å². The quantitative estimate of drug-likeness (QED) is 0.625. The lowest BCUT2D eigenvalue weighted by atomic mass is 10.2. The summed E-state index contributed by atoms with van der Waals surface area (Å²) in [6.07, 6.45) is 0. The molecular weight excluding hydrogens is 312 g/mol. The highest BCUT2D eigenvalue weighted by atomic mass is 32.2. The monoisotopic (exact) mass is 326 g/mol. The van der Waals surface area contributed by atoms with E-state index in [1.54, 1.807) is 13.8 Å². The standard InChI is InChI=1S/C12H14N4O5S/c1-7-8(2)21-12(15-7)6-14-10-4-3-9(22(13,19)20)5-11(10)16(17)18/h3-5,14H,6H2,1-2H3,(H2,13,19,20). The van der Waals surface area contributed by atoms with Crippen molar-refractivity contribution in [2.75, 3.05) is 5.32 Å². The first-order valence-electron chi connectivity index (χ1n) is 6.16. The fourth-order valence-electron chi connectivity index (χ4n) is 1.77. The van der Waals surface area contributed by atoms with E-state index in [9.17, 15) is 18.5 Å². The maximum Gasteiger partial charge on any atom is 0.293 e. The lowest BCUT2D eigenvalue weighted by Crippen LogP contribution is -2.13. The number of nitrogens with one attached hydrogen (secondary N) is 1. The van der Waals surface area contributed by atoms with Crippen LogP contribution in [0.5, 0.6) is 0 Å². The lowest BCUT2D eigenvalue weighted by Gasteiger charge is -2.06. The van der Waals surface area contributed by atoms with Gasteiger partial charge in [0.15, 0.2) is 0 Å². The number of nitro benzene ring substituents is 1. The summed E-state index contributed by atoms with van der Waals surface area (Å²) in [4.78, 5) is 14.2. The molecule has 0 unspecified atom stereocenters. The largest absolute Gasteiger partial charge is 0.444 e. The van der Waals surface area contributed by atoms with Crippen molar-refractivity contribution in [1.82, 2.24) is 4.98 Å². The molecule has 0 radical (unpaired) electrons. The van der Waals surface area contributed by atoms with Gasteiger partial charge in [0.05, 0.1) is 22.1 Å². The van der Waals surface area contributed by atoms with E-state index < -0.39 is 20.6 Å². The molecule has 1 aromatic carbocycles. The van der Waals surface area contributed by atoms with Crippen molar-refractivity contribution in [3.63, 3.8) is 0 Å². The minimum Gasteiger partial charge on any atom is -0.444 e. The Morgan fingerprint density at radius 1 is 1.41 bits per heavy atom. The predicted molar refractivity (Wildman–Crippen MR) is 77.8 cm³/mol. The second-order valence-corrected chi connectivity index (χ2v) is 6.15. The highest BCUT2D eigenvalue weighted by Crippen LogP contribution is 2.27. The molecule has 0 atom stereocenters. The smallest absolute Gasteiger partial charge is 0.293 e. The van der Waals surface area contributed by atoms with Crippen LogP contribution >= 0.6 is 0 Å². The Kier molecular flexibility index (Phi) is 4.15. The molecular formula is C12H14N4O5S. The average Bonchev–Trinajstić information content (AvgIpc) is 2.74. The first-order chi connectivity index (χ1) is 10.2. The van der Waals surface area contributed by atoms with Gasteiger partial charge in [-0.15, -0.1) is 0 Å². The van der Waals surface area contributed by atoms with Crippen molar-refractivity contribution in [2.45, 2.75) is 25.3 Å². The number of rotatable bonds is 5. The Morgan fingerprint density at radius 3 is 2.59 bits per heavy atom. The number of primary sulfonamides is 1. The van der Waals surface area contributed by atoms with Crippen LogP contribution in [0.2, 0.25) is 0 Å². The molecule has 0 saturated heterocycles. The molecule has 0 amide bonds. The zero-order valence-electron chi connectivity index (χ0n) is 11.9. The molecule has 3 N–H and O–H groups in total. The van der Waals surface area contributed by atoms with E-state index in [-0.39, 0.29) is 17.1 Å². The highest BCUT2D eigenvalue weighted by molar-refractivity contribution is 7.89. The number of nitrogens with zero attached hydrogens (tertiary/aromatic N) is 2. The van der Waals surface area contributed by atoms with Crippen molar-refractivity contribution in [2.24, 2.45) is 5.14 Å². The number of oxazole rings is 1. The number of anilines is 1. The normalized spacial score (nSPS) is 11.4. The Hall–Kier alpha value is -2.46. The summed E-state index contributed by atoms with van der Waals surface area (Å²) in [6, 6.07) is 3.38. The first-order valence-corrected chi connectivity index (χ1v) is 7.71.